The van der Waals surface area contributed by atoms with E-state index >= 15 is 0 Å². The van der Waals surface area contributed by atoms with E-state index in [9.17, 15) is 9.18 Å². The van der Waals surface area contributed by atoms with Crippen LogP contribution in [0.25, 0.3) is 16.7 Å². The van der Waals surface area contributed by atoms with E-state index in [1.165, 1.54) is 10.9 Å². The number of aryl methyl sites for hydroxylation is 2. The van der Waals surface area contributed by atoms with Crippen LogP contribution in [0.2, 0.25) is 0 Å². The number of amides is 1. The highest BCUT2D eigenvalue weighted by molar-refractivity contribution is 6.13. The van der Waals surface area contributed by atoms with Gasteiger partial charge in [-0.15, -0.1) is 0 Å². The molecular formula is C21H23FN8O. The number of nitrogens with one attached hydrogen (secondary N) is 2. The first kappa shape index (κ1) is 19.4. The maximum Gasteiger partial charge on any atom is 0.258 e. The van der Waals surface area contributed by atoms with Gasteiger partial charge in [-0.25, -0.2) is 9.37 Å². The van der Waals surface area contributed by atoms with Gasteiger partial charge in [-0.05, 0) is 32.5 Å². The fourth-order valence-corrected chi connectivity index (χ4v) is 4.18. The fourth-order valence-electron chi connectivity index (χ4n) is 4.18. The van der Waals surface area contributed by atoms with Crippen LogP contribution in [0.4, 0.5) is 15.8 Å². The lowest BCUT2D eigenvalue weighted by molar-refractivity contribution is 0.102. The summed E-state index contributed by atoms with van der Waals surface area (Å²) in [4.78, 5) is 20.9. The first-order valence-corrected chi connectivity index (χ1v) is 10.2. The van der Waals surface area contributed by atoms with Crippen LogP contribution in [-0.4, -0.2) is 56.5 Å². The first-order valence-electron chi connectivity index (χ1n) is 10.2. The zero-order chi connectivity index (χ0) is 21.7. The predicted octanol–water partition coefficient (Wildman–Crippen LogP) is 2.11. The Hall–Kier alpha value is -3.53. The molecule has 1 aromatic carbocycles. The zero-order valence-electron chi connectivity index (χ0n) is 17.6. The summed E-state index contributed by atoms with van der Waals surface area (Å²) >= 11 is 0. The molecule has 1 atom stereocenters. The fraction of sp³-hybridized carbons (Fsp3) is 0.333. The van der Waals surface area contributed by atoms with E-state index in [1.54, 1.807) is 36.8 Å². The Balaban J connectivity index is 1.49. The zero-order valence-corrected chi connectivity index (χ0v) is 17.6. The summed E-state index contributed by atoms with van der Waals surface area (Å²) in [6.07, 6.45) is 4.39. The number of hydrogen-bond acceptors (Lipinski definition) is 6. The van der Waals surface area contributed by atoms with Gasteiger partial charge in [0.2, 0.25) is 0 Å². The minimum Gasteiger partial charge on any atom is -0.368 e. The van der Waals surface area contributed by atoms with Gasteiger partial charge in [0.15, 0.2) is 11.5 Å². The second-order valence-electron chi connectivity index (χ2n) is 7.88. The number of carbonyl (C=O) groups is 1. The smallest absolute Gasteiger partial charge is 0.258 e. The van der Waals surface area contributed by atoms with Crippen molar-refractivity contribution in [3.05, 3.63) is 47.7 Å². The van der Waals surface area contributed by atoms with E-state index in [0.717, 1.165) is 25.2 Å². The van der Waals surface area contributed by atoms with Crippen LogP contribution in [0.3, 0.4) is 0 Å². The summed E-state index contributed by atoms with van der Waals surface area (Å²) < 4.78 is 15.9. The summed E-state index contributed by atoms with van der Waals surface area (Å²) in [5.74, 6) is -0.874. The molecule has 160 valence electrons. The molecule has 1 aliphatic heterocycles. The number of nitrogens with zero attached hydrogens (tertiary/aromatic N) is 6. The van der Waals surface area contributed by atoms with Crippen molar-refractivity contribution < 1.29 is 9.18 Å². The molecule has 2 N–H and O–H groups in total. The summed E-state index contributed by atoms with van der Waals surface area (Å²) in [5.41, 5.74) is 3.80. The normalized spacial score (nSPS) is 16.5. The maximum atomic E-state index is 14.4. The summed E-state index contributed by atoms with van der Waals surface area (Å²) in [7, 11) is 3.70. The number of halogens is 1. The molecule has 1 saturated heterocycles. The average molecular weight is 422 g/mol. The molecule has 1 aliphatic rings. The van der Waals surface area contributed by atoms with Crippen LogP contribution >= 0.6 is 0 Å². The lowest BCUT2D eigenvalue weighted by Crippen LogP contribution is -2.29. The molecule has 31 heavy (non-hydrogen) atoms. The van der Waals surface area contributed by atoms with Crippen LogP contribution in [0.5, 0.6) is 0 Å². The van der Waals surface area contributed by atoms with Gasteiger partial charge in [0.25, 0.3) is 5.91 Å². The molecule has 1 fully saturated rings. The summed E-state index contributed by atoms with van der Waals surface area (Å²) in [6, 6.07) is 5.35. The lowest BCUT2D eigenvalue weighted by atomic mass is 10.1. The second kappa shape index (κ2) is 7.31. The molecule has 0 spiro atoms. The van der Waals surface area contributed by atoms with Gasteiger partial charge in [-0.3, -0.25) is 4.79 Å². The minimum absolute atomic E-state index is 0.224. The quantitative estimate of drug-likeness (QED) is 0.523. The average Bonchev–Trinajstić information content (AvgIpc) is 3.44. The molecule has 3 aromatic heterocycles. The van der Waals surface area contributed by atoms with Crippen molar-refractivity contribution in [2.24, 2.45) is 7.05 Å². The third-order valence-corrected chi connectivity index (χ3v) is 5.69. The van der Waals surface area contributed by atoms with Crippen molar-refractivity contribution in [1.82, 2.24) is 29.7 Å². The molecule has 9 nitrogen and oxygen atoms in total. The number of aromatic nitrogens is 5. The Morgan fingerprint density at radius 2 is 2.03 bits per heavy atom. The largest absolute Gasteiger partial charge is 0.368 e. The van der Waals surface area contributed by atoms with Crippen LogP contribution in [0.15, 0.2) is 30.6 Å². The van der Waals surface area contributed by atoms with E-state index < -0.39 is 5.82 Å². The van der Waals surface area contributed by atoms with Crippen molar-refractivity contribution in [3.8, 4) is 0 Å². The van der Waals surface area contributed by atoms with Crippen LogP contribution in [0.1, 0.15) is 22.5 Å². The van der Waals surface area contributed by atoms with E-state index in [4.69, 9.17) is 0 Å². The van der Waals surface area contributed by atoms with Crippen molar-refractivity contribution in [1.29, 1.82) is 0 Å². The Bertz CT molecular complexity index is 1310. The lowest BCUT2D eigenvalue weighted by Gasteiger charge is -2.19. The van der Waals surface area contributed by atoms with Crippen molar-refractivity contribution in [2.45, 2.75) is 19.4 Å². The Labute approximate surface area is 177 Å². The molecule has 1 unspecified atom stereocenters. The van der Waals surface area contributed by atoms with Crippen LogP contribution < -0.4 is 15.5 Å². The van der Waals surface area contributed by atoms with Crippen molar-refractivity contribution >= 4 is 34.0 Å². The maximum absolute atomic E-state index is 14.4. The Morgan fingerprint density at radius 3 is 2.81 bits per heavy atom. The van der Waals surface area contributed by atoms with Crippen LogP contribution in [-0.2, 0) is 7.05 Å². The van der Waals surface area contributed by atoms with Gasteiger partial charge in [0.05, 0.1) is 22.6 Å². The number of rotatable bonds is 4. The van der Waals surface area contributed by atoms with Gasteiger partial charge in [0, 0.05) is 44.6 Å². The molecule has 0 radical (unpaired) electrons. The summed E-state index contributed by atoms with van der Waals surface area (Å²) in [5, 5.41) is 15.0. The molecule has 0 saturated carbocycles. The predicted molar refractivity (Wildman–Crippen MR) is 116 cm³/mol. The first-order chi connectivity index (χ1) is 14.9. The van der Waals surface area contributed by atoms with Gasteiger partial charge in [-0.2, -0.15) is 15.0 Å². The van der Waals surface area contributed by atoms with Gasteiger partial charge >= 0.3 is 0 Å². The second-order valence-corrected chi connectivity index (χ2v) is 7.88. The Morgan fingerprint density at radius 1 is 1.23 bits per heavy atom. The molecule has 5 rings (SSSR count). The Kier molecular flexibility index (Phi) is 4.58. The number of hydrogen-bond donors (Lipinski definition) is 2. The molecule has 0 bridgehead atoms. The highest BCUT2D eigenvalue weighted by Crippen LogP contribution is 2.30. The number of imidazole rings is 1. The molecule has 0 aliphatic carbocycles. The van der Waals surface area contributed by atoms with Gasteiger partial charge in [-0.1, -0.05) is 0 Å². The van der Waals surface area contributed by atoms with Crippen molar-refractivity contribution in [3.63, 3.8) is 0 Å². The number of likely N-dealkylation sites (N-methyl/N-ethyl adjacent to an activating group) is 1. The number of anilines is 2. The number of pyridine rings is 1. The van der Waals surface area contributed by atoms with Gasteiger partial charge in [0.1, 0.15) is 11.0 Å². The molecular weight excluding hydrogens is 399 g/mol. The number of carbonyl (C=O) groups excluding carboxylic acids is 1. The van der Waals surface area contributed by atoms with Crippen molar-refractivity contribution in [2.75, 3.05) is 30.4 Å². The topological polar surface area (TPSA) is 92.4 Å². The minimum atomic E-state index is -0.501. The van der Waals surface area contributed by atoms with E-state index in [0.29, 0.717) is 34.0 Å². The number of fused-ring (bicyclic) bond motifs is 2. The molecule has 1 amide bonds. The third kappa shape index (κ3) is 3.38. The summed E-state index contributed by atoms with van der Waals surface area (Å²) in [6.45, 7) is 3.57. The number of benzene rings is 1. The highest BCUT2D eigenvalue weighted by Gasteiger charge is 2.26. The van der Waals surface area contributed by atoms with Gasteiger partial charge < -0.3 is 19.9 Å². The standard InChI is InChI=1S/C21H23FN8O/c1-12-9-30-11-14(8-16(22)20(30)24-12)25-21(31)15-4-5-17(19-18(15)26-28(3)27-19)29-7-6-13(10-29)23-2/h4-5,8-9,11,13,23H,6-7,10H2,1-3H3,(H,25,31). The SMILES string of the molecule is CNC1CCN(c2ccc(C(=O)Nc3cc(F)c4nc(C)cn4c3)c3nn(C)nc23)C1. The van der Waals surface area contributed by atoms with E-state index in [1.807, 2.05) is 13.1 Å². The molecule has 4 aromatic rings. The molecule has 10 heteroatoms. The molecule has 4 heterocycles. The van der Waals surface area contributed by atoms with E-state index in [-0.39, 0.29) is 11.6 Å². The van der Waals surface area contributed by atoms with Crippen LogP contribution in [0, 0.1) is 12.7 Å². The monoisotopic (exact) mass is 422 g/mol. The highest BCUT2D eigenvalue weighted by atomic mass is 19.1. The third-order valence-electron chi connectivity index (χ3n) is 5.69. The van der Waals surface area contributed by atoms with E-state index in [2.05, 4.69) is 30.7 Å².